The second-order valence-electron chi connectivity index (χ2n) is 6.14. The molecule has 1 aliphatic rings. The van der Waals surface area contributed by atoms with E-state index in [9.17, 15) is 8.42 Å². The Morgan fingerprint density at radius 3 is 2.92 bits per heavy atom. The standard InChI is InChI=1S/C17H19N5O2S/c1-12-10-15-17(19-7-9-22(15)20-12)21-8-6-14-13(11-21)4-3-5-16(14)25(23,24)18-2/h3-5,7,9-10,18H,6,8,11H2,1-2H3. The molecule has 2 aromatic heterocycles. The van der Waals surface area contributed by atoms with Gasteiger partial charge in [0.25, 0.3) is 0 Å². The summed E-state index contributed by atoms with van der Waals surface area (Å²) in [6, 6.07) is 7.46. The molecule has 130 valence electrons. The van der Waals surface area contributed by atoms with E-state index in [1.807, 2.05) is 29.8 Å². The van der Waals surface area contributed by atoms with Gasteiger partial charge in [0.2, 0.25) is 10.0 Å². The van der Waals surface area contributed by atoms with E-state index in [1.54, 1.807) is 18.3 Å². The number of nitrogens with zero attached hydrogens (tertiary/aromatic N) is 4. The Hall–Kier alpha value is -2.45. The second-order valence-corrected chi connectivity index (χ2v) is 7.99. The van der Waals surface area contributed by atoms with Crippen LogP contribution in [0, 0.1) is 6.92 Å². The van der Waals surface area contributed by atoms with Crippen molar-refractivity contribution >= 4 is 21.4 Å². The molecule has 0 aliphatic carbocycles. The molecule has 0 saturated heterocycles. The van der Waals surface area contributed by atoms with Gasteiger partial charge in [0.1, 0.15) is 5.52 Å². The largest absolute Gasteiger partial charge is 0.350 e. The summed E-state index contributed by atoms with van der Waals surface area (Å²) < 4.78 is 28.7. The van der Waals surface area contributed by atoms with E-state index >= 15 is 0 Å². The van der Waals surface area contributed by atoms with Crippen molar-refractivity contribution in [3.63, 3.8) is 0 Å². The van der Waals surface area contributed by atoms with Crippen LogP contribution >= 0.6 is 0 Å². The van der Waals surface area contributed by atoms with E-state index < -0.39 is 10.0 Å². The lowest BCUT2D eigenvalue weighted by atomic mass is 10.00. The molecular weight excluding hydrogens is 338 g/mol. The second kappa shape index (κ2) is 5.82. The molecule has 0 amide bonds. The third kappa shape index (κ3) is 2.67. The lowest BCUT2D eigenvalue weighted by molar-refractivity contribution is 0.585. The molecule has 25 heavy (non-hydrogen) atoms. The van der Waals surface area contributed by atoms with Crippen LogP contribution in [-0.2, 0) is 23.0 Å². The van der Waals surface area contributed by atoms with Crippen molar-refractivity contribution in [2.24, 2.45) is 0 Å². The van der Waals surface area contributed by atoms with Crippen LogP contribution < -0.4 is 9.62 Å². The molecule has 4 rings (SSSR count). The number of anilines is 1. The first-order valence-electron chi connectivity index (χ1n) is 8.10. The van der Waals surface area contributed by atoms with E-state index in [4.69, 9.17) is 0 Å². The molecule has 0 spiro atoms. The number of hydrogen-bond donors (Lipinski definition) is 1. The topological polar surface area (TPSA) is 79.6 Å². The highest BCUT2D eigenvalue weighted by atomic mass is 32.2. The maximum Gasteiger partial charge on any atom is 0.240 e. The van der Waals surface area contributed by atoms with Crippen LogP contribution in [0.4, 0.5) is 5.82 Å². The molecule has 1 N–H and O–H groups in total. The molecule has 0 saturated carbocycles. The smallest absolute Gasteiger partial charge is 0.240 e. The van der Waals surface area contributed by atoms with E-state index in [1.165, 1.54) is 7.05 Å². The third-order valence-electron chi connectivity index (χ3n) is 4.57. The maximum atomic E-state index is 12.3. The summed E-state index contributed by atoms with van der Waals surface area (Å²) in [7, 11) is -2.01. The SMILES string of the molecule is CNS(=O)(=O)c1cccc2c1CCN(c1nccn3nc(C)cc13)C2. The van der Waals surface area contributed by atoms with E-state index in [2.05, 4.69) is 19.7 Å². The van der Waals surface area contributed by atoms with Crippen molar-refractivity contribution in [3.8, 4) is 0 Å². The van der Waals surface area contributed by atoms with Crippen molar-refractivity contribution in [1.82, 2.24) is 19.3 Å². The summed E-state index contributed by atoms with van der Waals surface area (Å²) in [5, 5.41) is 4.43. The molecule has 1 aromatic carbocycles. The Bertz CT molecular complexity index is 1060. The molecule has 0 fully saturated rings. The van der Waals surface area contributed by atoms with Gasteiger partial charge in [-0.15, -0.1) is 0 Å². The quantitative estimate of drug-likeness (QED) is 0.769. The van der Waals surface area contributed by atoms with Crippen LogP contribution in [0.15, 0.2) is 41.6 Å². The van der Waals surface area contributed by atoms with Gasteiger partial charge < -0.3 is 4.90 Å². The van der Waals surface area contributed by atoms with Crippen molar-refractivity contribution in [1.29, 1.82) is 0 Å². The van der Waals surface area contributed by atoms with Crippen molar-refractivity contribution in [3.05, 3.63) is 53.5 Å². The summed E-state index contributed by atoms with van der Waals surface area (Å²) >= 11 is 0. The van der Waals surface area contributed by atoms with Gasteiger partial charge in [-0.2, -0.15) is 5.10 Å². The maximum absolute atomic E-state index is 12.3. The van der Waals surface area contributed by atoms with Crippen LogP contribution in [-0.4, -0.2) is 36.6 Å². The van der Waals surface area contributed by atoms with Crippen LogP contribution in [0.2, 0.25) is 0 Å². The average Bonchev–Trinajstić information content (AvgIpc) is 3.00. The Morgan fingerprint density at radius 2 is 2.12 bits per heavy atom. The number of fused-ring (bicyclic) bond motifs is 2. The van der Waals surface area contributed by atoms with Crippen LogP contribution in [0.5, 0.6) is 0 Å². The van der Waals surface area contributed by atoms with Crippen LogP contribution in [0.1, 0.15) is 16.8 Å². The molecule has 0 atom stereocenters. The van der Waals surface area contributed by atoms with Gasteiger partial charge in [-0.25, -0.2) is 22.6 Å². The molecule has 1 aliphatic heterocycles. The van der Waals surface area contributed by atoms with Crippen molar-refractivity contribution in [2.45, 2.75) is 24.8 Å². The zero-order valence-corrected chi connectivity index (χ0v) is 14.9. The zero-order valence-electron chi connectivity index (χ0n) is 14.1. The fourth-order valence-electron chi connectivity index (χ4n) is 3.39. The normalized spacial score (nSPS) is 14.7. The Labute approximate surface area is 146 Å². The molecule has 8 heteroatoms. The lowest BCUT2D eigenvalue weighted by Gasteiger charge is -2.31. The average molecular weight is 357 g/mol. The number of aromatic nitrogens is 3. The molecule has 3 aromatic rings. The summed E-state index contributed by atoms with van der Waals surface area (Å²) in [6.45, 7) is 3.29. The van der Waals surface area contributed by atoms with Gasteiger partial charge in [-0.3, -0.25) is 0 Å². The van der Waals surface area contributed by atoms with E-state index in [-0.39, 0.29) is 0 Å². The van der Waals surface area contributed by atoms with Gasteiger partial charge in [0, 0.05) is 25.5 Å². The Kier molecular flexibility index (Phi) is 3.73. The van der Waals surface area contributed by atoms with E-state index in [0.717, 1.165) is 28.2 Å². The minimum Gasteiger partial charge on any atom is -0.350 e. The first-order valence-corrected chi connectivity index (χ1v) is 9.58. The fraction of sp³-hybridized carbons (Fsp3) is 0.294. The lowest BCUT2D eigenvalue weighted by Crippen LogP contribution is -2.33. The first kappa shape index (κ1) is 16.0. The minimum absolute atomic E-state index is 0.374. The van der Waals surface area contributed by atoms with Crippen molar-refractivity contribution < 1.29 is 8.42 Å². The first-order chi connectivity index (χ1) is 12.0. The highest BCUT2D eigenvalue weighted by Gasteiger charge is 2.25. The highest BCUT2D eigenvalue weighted by Crippen LogP contribution is 2.29. The molecule has 7 nitrogen and oxygen atoms in total. The summed E-state index contributed by atoms with van der Waals surface area (Å²) in [4.78, 5) is 7.09. The number of rotatable bonds is 3. The molecule has 0 unspecified atom stereocenters. The molecule has 0 radical (unpaired) electrons. The third-order valence-corrected chi connectivity index (χ3v) is 6.07. The fourth-order valence-corrected chi connectivity index (χ4v) is 4.43. The number of sulfonamides is 1. The van der Waals surface area contributed by atoms with Gasteiger partial charge in [-0.1, -0.05) is 12.1 Å². The number of benzene rings is 1. The van der Waals surface area contributed by atoms with E-state index in [0.29, 0.717) is 24.4 Å². The monoisotopic (exact) mass is 357 g/mol. The van der Waals surface area contributed by atoms with Gasteiger partial charge in [0.05, 0.1) is 10.6 Å². The van der Waals surface area contributed by atoms with Gasteiger partial charge in [-0.05, 0) is 43.7 Å². The Morgan fingerprint density at radius 1 is 1.28 bits per heavy atom. The minimum atomic E-state index is -3.45. The predicted molar refractivity (Wildman–Crippen MR) is 95.2 cm³/mol. The number of aryl methyl sites for hydroxylation is 1. The molecular formula is C17H19N5O2S. The summed E-state index contributed by atoms with van der Waals surface area (Å²) in [6.07, 6.45) is 4.23. The number of hydrogen-bond acceptors (Lipinski definition) is 5. The molecule has 0 bridgehead atoms. The van der Waals surface area contributed by atoms with Crippen molar-refractivity contribution in [2.75, 3.05) is 18.5 Å². The van der Waals surface area contributed by atoms with Crippen LogP contribution in [0.25, 0.3) is 5.52 Å². The van der Waals surface area contributed by atoms with Crippen LogP contribution in [0.3, 0.4) is 0 Å². The molecule has 3 heterocycles. The summed E-state index contributed by atoms with van der Waals surface area (Å²) in [5.41, 5.74) is 3.81. The predicted octanol–water partition coefficient (Wildman–Crippen LogP) is 1.51. The summed E-state index contributed by atoms with van der Waals surface area (Å²) in [5.74, 6) is 0.871. The van der Waals surface area contributed by atoms with Gasteiger partial charge in [0.15, 0.2) is 5.82 Å². The Balaban J connectivity index is 1.76. The highest BCUT2D eigenvalue weighted by molar-refractivity contribution is 7.89. The van der Waals surface area contributed by atoms with Gasteiger partial charge >= 0.3 is 0 Å². The number of nitrogens with one attached hydrogen (secondary N) is 1. The zero-order chi connectivity index (χ0) is 17.6.